The van der Waals surface area contributed by atoms with Gasteiger partial charge in [-0.15, -0.1) is 0 Å². The molecule has 0 bridgehead atoms. The Hall–Kier alpha value is -2.79. The van der Waals surface area contributed by atoms with Crippen molar-refractivity contribution in [1.29, 1.82) is 0 Å². The number of hydrogen-bond acceptors (Lipinski definition) is 8. The fourth-order valence-electron chi connectivity index (χ4n) is 4.54. The first-order valence-electron chi connectivity index (χ1n) is 13.4. The second-order valence-corrected chi connectivity index (χ2v) is 10.2. The lowest BCUT2D eigenvalue weighted by Gasteiger charge is -2.23. The van der Waals surface area contributed by atoms with Crippen LogP contribution < -0.4 is 16.4 Å². The minimum Gasteiger partial charge on any atom is -0.368 e. The van der Waals surface area contributed by atoms with Gasteiger partial charge in [-0.2, -0.15) is 12.6 Å². The lowest BCUT2D eigenvalue weighted by atomic mass is 9.94. The molecule has 2 aromatic rings. The number of fused-ring (bicyclic) bond motifs is 1. The summed E-state index contributed by atoms with van der Waals surface area (Å²) in [5.41, 5.74) is 6.54. The normalized spacial score (nSPS) is 13.6. The van der Waals surface area contributed by atoms with E-state index < -0.39 is 30.2 Å². The summed E-state index contributed by atoms with van der Waals surface area (Å²) in [6, 6.07) is 12.1. The Morgan fingerprint density at radius 1 is 0.897 bits per heavy atom. The van der Waals surface area contributed by atoms with Gasteiger partial charge in [-0.25, -0.2) is 0 Å². The second kappa shape index (κ2) is 17.0. The third-order valence-electron chi connectivity index (χ3n) is 6.69. The number of rotatable bonds is 18. The monoisotopic (exact) mass is 559 g/mol. The third-order valence-corrected chi connectivity index (χ3v) is 7.13. The second-order valence-electron chi connectivity index (χ2n) is 9.81. The number of carbonyl (C=O) groups excluding carboxylic acids is 4. The van der Waals surface area contributed by atoms with E-state index in [1.807, 2.05) is 42.5 Å². The molecule has 39 heavy (non-hydrogen) atoms. The Morgan fingerprint density at radius 2 is 1.59 bits per heavy atom. The first kappa shape index (κ1) is 32.4. The Kier molecular flexibility index (Phi) is 14.1. The minimum atomic E-state index is -1.62. The number of unbranched alkanes of at least 4 members (excludes halogenated alkanes) is 1. The van der Waals surface area contributed by atoms with Crippen LogP contribution in [0.1, 0.15) is 57.4 Å². The first-order valence-corrected chi connectivity index (χ1v) is 14.1. The van der Waals surface area contributed by atoms with Gasteiger partial charge in [-0.1, -0.05) is 42.5 Å². The number of aliphatic hydroxyl groups excluding tert-OH is 1. The number of hydrogen-bond donors (Lipinski definition) is 6. The van der Waals surface area contributed by atoms with Crippen molar-refractivity contribution in [1.82, 2.24) is 10.6 Å². The zero-order valence-corrected chi connectivity index (χ0v) is 23.4. The van der Waals surface area contributed by atoms with Crippen LogP contribution in [0.3, 0.4) is 0 Å². The number of carbonyl (C=O) groups is 4. The lowest BCUT2D eigenvalue weighted by Crippen LogP contribution is -2.46. The summed E-state index contributed by atoms with van der Waals surface area (Å²) in [4.78, 5) is 50.9. The molecule has 0 aliphatic heterocycles. The van der Waals surface area contributed by atoms with Crippen molar-refractivity contribution in [3.05, 3.63) is 48.0 Å². The van der Waals surface area contributed by atoms with Crippen LogP contribution in [-0.4, -0.2) is 64.3 Å². The molecular formula is C29H41N3O6S. The summed E-state index contributed by atoms with van der Waals surface area (Å²) in [6.07, 6.45) is 0.564. The van der Waals surface area contributed by atoms with Crippen LogP contribution in [-0.2, 0) is 25.6 Å². The largest absolute Gasteiger partial charge is 0.368 e. The quantitative estimate of drug-likeness (QED) is 0.0926. The zero-order valence-electron chi connectivity index (χ0n) is 22.5. The number of aliphatic hydroxyl groups is 2. The van der Waals surface area contributed by atoms with Gasteiger partial charge in [0.15, 0.2) is 17.9 Å². The Morgan fingerprint density at radius 3 is 2.26 bits per heavy atom. The number of amides is 2. The van der Waals surface area contributed by atoms with E-state index >= 15 is 0 Å². The molecule has 2 aromatic carbocycles. The third kappa shape index (κ3) is 11.1. The Bertz CT molecular complexity index is 1100. The SMILES string of the molecule is CC(=O)N[C@@H](CCCCN)C(=O)CC(CS)C(=O)N[C@@H](CCC(O)O)C(=O)CCc1cccc2ccccc12. The molecule has 2 rings (SSSR count). The predicted octanol–water partition coefficient (Wildman–Crippen LogP) is 2.06. The molecule has 6 N–H and O–H groups in total. The Balaban J connectivity index is 2.08. The molecule has 0 heterocycles. The maximum atomic E-state index is 13.2. The van der Waals surface area contributed by atoms with E-state index in [0.29, 0.717) is 32.2 Å². The topological polar surface area (TPSA) is 159 Å². The van der Waals surface area contributed by atoms with Crippen molar-refractivity contribution in [2.75, 3.05) is 12.3 Å². The lowest BCUT2D eigenvalue weighted by molar-refractivity contribution is -0.133. The molecule has 0 saturated carbocycles. The van der Waals surface area contributed by atoms with Gasteiger partial charge in [0.05, 0.1) is 18.0 Å². The molecular weight excluding hydrogens is 518 g/mol. The van der Waals surface area contributed by atoms with Gasteiger partial charge in [-0.3, -0.25) is 19.2 Å². The summed E-state index contributed by atoms with van der Waals surface area (Å²) in [5.74, 6) is -2.14. The first-order chi connectivity index (χ1) is 18.7. The fourth-order valence-corrected chi connectivity index (χ4v) is 4.83. The van der Waals surface area contributed by atoms with E-state index in [-0.39, 0.29) is 48.9 Å². The van der Waals surface area contributed by atoms with Gasteiger partial charge in [0.1, 0.15) is 0 Å². The van der Waals surface area contributed by atoms with Crippen LogP contribution in [0.2, 0.25) is 0 Å². The number of Topliss-reactive ketones (excluding diaryl/α,β-unsaturated/α-hetero) is 2. The summed E-state index contributed by atoms with van der Waals surface area (Å²) < 4.78 is 0. The number of aryl methyl sites for hydroxylation is 1. The van der Waals surface area contributed by atoms with Gasteiger partial charge >= 0.3 is 0 Å². The van der Waals surface area contributed by atoms with Crippen molar-refractivity contribution >= 4 is 46.8 Å². The van der Waals surface area contributed by atoms with Crippen LogP contribution in [0.4, 0.5) is 0 Å². The molecule has 0 aliphatic carbocycles. The smallest absolute Gasteiger partial charge is 0.224 e. The van der Waals surface area contributed by atoms with Crippen LogP contribution >= 0.6 is 12.6 Å². The molecule has 0 aromatic heterocycles. The number of nitrogens with two attached hydrogens (primary N) is 1. The van der Waals surface area contributed by atoms with Crippen molar-refractivity contribution in [3.63, 3.8) is 0 Å². The van der Waals surface area contributed by atoms with E-state index in [9.17, 15) is 29.4 Å². The average molecular weight is 560 g/mol. The predicted molar refractivity (Wildman–Crippen MR) is 154 cm³/mol. The minimum absolute atomic E-state index is 0.0403. The molecule has 10 heteroatoms. The van der Waals surface area contributed by atoms with E-state index in [1.165, 1.54) is 6.92 Å². The van der Waals surface area contributed by atoms with Crippen LogP contribution in [0.5, 0.6) is 0 Å². The van der Waals surface area contributed by atoms with Crippen molar-refractivity contribution < 1.29 is 29.4 Å². The van der Waals surface area contributed by atoms with Gasteiger partial charge in [-0.05, 0) is 55.0 Å². The number of ketones is 2. The number of benzene rings is 2. The van der Waals surface area contributed by atoms with E-state index in [1.54, 1.807) is 0 Å². The highest BCUT2D eigenvalue weighted by Gasteiger charge is 2.29. The summed E-state index contributed by atoms with van der Waals surface area (Å²) in [7, 11) is 0. The number of nitrogens with one attached hydrogen (secondary N) is 2. The van der Waals surface area contributed by atoms with Crippen LogP contribution in [0, 0.1) is 5.92 Å². The maximum absolute atomic E-state index is 13.2. The highest BCUT2D eigenvalue weighted by molar-refractivity contribution is 7.80. The van der Waals surface area contributed by atoms with Crippen LogP contribution in [0.15, 0.2) is 42.5 Å². The molecule has 3 atom stereocenters. The fraction of sp³-hybridized carbons (Fsp3) is 0.517. The molecule has 0 saturated heterocycles. The maximum Gasteiger partial charge on any atom is 0.224 e. The Labute approximate surface area is 235 Å². The van der Waals surface area contributed by atoms with Gasteiger partial charge in [0.2, 0.25) is 11.8 Å². The average Bonchev–Trinajstić information content (AvgIpc) is 2.91. The molecule has 0 fully saturated rings. The van der Waals surface area contributed by atoms with Gasteiger partial charge < -0.3 is 26.6 Å². The molecule has 0 spiro atoms. The molecule has 214 valence electrons. The summed E-state index contributed by atoms with van der Waals surface area (Å²) in [5, 5.41) is 26.2. The van der Waals surface area contributed by atoms with Crippen molar-refractivity contribution in [3.8, 4) is 0 Å². The van der Waals surface area contributed by atoms with Gasteiger partial charge in [0.25, 0.3) is 0 Å². The van der Waals surface area contributed by atoms with Crippen molar-refractivity contribution in [2.24, 2.45) is 11.7 Å². The van der Waals surface area contributed by atoms with E-state index in [2.05, 4.69) is 23.3 Å². The molecule has 0 radical (unpaired) electrons. The highest BCUT2D eigenvalue weighted by Crippen LogP contribution is 2.21. The van der Waals surface area contributed by atoms with Crippen molar-refractivity contribution in [2.45, 2.75) is 76.7 Å². The van der Waals surface area contributed by atoms with Gasteiger partial charge in [0, 0.05) is 31.9 Å². The summed E-state index contributed by atoms with van der Waals surface area (Å²) >= 11 is 4.25. The molecule has 2 amide bonds. The zero-order chi connectivity index (χ0) is 28.8. The highest BCUT2D eigenvalue weighted by atomic mass is 32.1. The molecule has 1 unspecified atom stereocenters. The van der Waals surface area contributed by atoms with E-state index in [4.69, 9.17) is 5.73 Å². The standard InChI is InChI=1S/C29H41N3O6S/c1-19(33)31-24(11-4-5-16-30)27(35)17-22(18-39)29(38)32-25(13-15-28(36)37)26(34)14-12-21-9-6-8-20-7-2-3-10-23(20)21/h2-3,6-10,22,24-25,28,36-37,39H,4-5,11-18,30H2,1H3,(H,31,33)(H,32,38)/t22?,24-,25-/m0/s1. The summed E-state index contributed by atoms with van der Waals surface area (Å²) in [6.45, 7) is 1.80. The molecule has 9 nitrogen and oxygen atoms in total. The van der Waals surface area contributed by atoms with E-state index in [0.717, 1.165) is 16.3 Å². The van der Waals surface area contributed by atoms with Crippen LogP contribution in [0.25, 0.3) is 10.8 Å². The molecule has 0 aliphatic rings. The number of thiol groups is 1.